The molecular formula is C21H18Cl2N2O7S3. The molecule has 14 heteroatoms. The lowest BCUT2D eigenvalue weighted by Gasteiger charge is -2.17. The molecule has 0 saturated carbocycles. The number of carbonyl (C=O) groups is 1. The molecule has 1 atom stereocenters. The van der Waals surface area contributed by atoms with Gasteiger partial charge in [-0.05, 0) is 42.3 Å². The number of carboxylic acids is 1. The molecular weight excluding hydrogens is 559 g/mol. The van der Waals surface area contributed by atoms with Crippen LogP contribution in [0.2, 0.25) is 9.36 Å². The second kappa shape index (κ2) is 9.26. The highest BCUT2D eigenvalue weighted by molar-refractivity contribution is 7.94. The van der Waals surface area contributed by atoms with Gasteiger partial charge in [0.15, 0.2) is 0 Å². The average Bonchev–Trinajstić information content (AvgIpc) is 3.30. The maximum absolute atomic E-state index is 12.8. The highest BCUT2D eigenvalue weighted by atomic mass is 35.5. The van der Waals surface area contributed by atoms with E-state index in [0.717, 1.165) is 11.3 Å². The molecule has 0 fully saturated rings. The molecule has 35 heavy (non-hydrogen) atoms. The van der Waals surface area contributed by atoms with E-state index < -0.39 is 38.0 Å². The van der Waals surface area contributed by atoms with Crippen molar-refractivity contribution in [1.29, 1.82) is 0 Å². The highest BCUT2D eigenvalue weighted by Gasteiger charge is 2.28. The lowest BCUT2D eigenvalue weighted by Crippen LogP contribution is -2.44. The lowest BCUT2D eigenvalue weighted by atomic mass is 10.1. The number of fused-ring (bicyclic) bond motifs is 3. The summed E-state index contributed by atoms with van der Waals surface area (Å²) in [6, 6.07) is 8.69. The van der Waals surface area contributed by atoms with Gasteiger partial charge in [-0.2, -0.15) is 4.72 Å². The number of sulfonamides is 2. The summed E-state index contributed by atoms with van der Waals surface area (Å²) in [5, 5.41) is 10.5. The van der Waals surface area contributed by atoms with Crippen molar-refractivity contribution in [2.45, 2.75) is 29.0 Å². The van der Waals surface area contributed by atoms with Crippen LogP contribution in [0.1, 0.15) is 13.8 Å². The van der Waals surface area contributed by atoms with E-state index >= 15 is 0 Å². The van der Waals surface area contributed by atoms with E-state index in [1.807, 2.05) is 0 Å². The Labute approximate surface area is 214 Å². The Hall–Kier alpha value is -2.35. The Morgan fingerprint density at radius 2 is 1.69 bits per heavy atom. The molecule has 2 aromatic carbocycles. The Kier molecular flexibility index (Phi) is 6.81. The number of aliphatic carboxylic acids is 1. The Morgan fingerprint density at radius 1 is 0.971 bits per heavy atom. The fraction of sp³-hybridized carbons (Fsp3) is 0.190. The molecule has 4 aromatic rings. The van der Waals surface area contributed by atoms with Crippen LogP contribution in [0.5, 0.6) is 0 Å². The molecule has 0 aliphatic carbocycles. The number of hydrogen-bond donors (Lipinski definition) is 3. The molecule has 0 amide bonds. The maximum atomic E-state index is 12.8. The number of carboxylic acid groups (broad SMARTS) is 1. The van der Waals surface area contributed by atoms with Crippen molar-refractivity contribution >= 4 is 88.2 Å². The van der Waals surface area contributed by atoms with Crippen LogP contribution in [-0.2, 0) is 24.8 Å². The molecule has 0 unspecified atom stereocenters. The summed E-state index contributed by atoms with van der Waals surface area (Å²) in [6.45, 7) is 3.19. The number of anilines is 1. The molecule has 2 aromatic heterocycles. The zero-order chi connectivity index (χ0) is 25.7. The molecule has 0 saturated heterocycles. The van der Waals surface area contributed by atoms with Gasteiger partial charge in [-0.25, -0.2) is 16.8 Å². The van der Waals surface area contributed by atoms with Crippen LogP contribution < -0.4 is 9.44 Å². The Balaban J connectivity index is 1.69. The predicted molar refractivity (Wildman–Crippen MR) is 135 cm³/mol. The van der Waals surface area contributed by atoms with Gasteiger partial charge in [0.25, 0.3) is 10.0 Å². The van der Waals surface area contributed by atoms with Crippen LogP contribution in [0.15, 0.2) is 56.0 Å². The van der Waals surface area contributed by atoms with Crippen LogP contribution in [-0.4, -0.2) is 34.0 Å². The van der Waals surface area contributed by atoms with Gasteiger partial charge in [0.1, 0.15) is 25.8 Å². The Morgan fingerprint density at radius 3 is 2.29 bits per heavy atom. The number of thiophene rings is 1. The first-order valence-corrected chi connectivity index (χ1v) is 14.5. The van der Waals surface area contributed by atoms with Gasteiger partial charge >= 0.3 is 5.97 Å². The molecule has 9 nitrogen and oxygen atoms in total. The zero-order valence-electron chi connectivity index (χ0n) is 18.1. The van der Waals surface area contributed by atoms with E-state index in [4.69, 9.17) is 27.6 Å². The van der Waals surface area contributed by atoms with Gasteiger partial charge in [0, 0.05) is 22.5 Å². The first kappa shape index (κ1) is 25.7. The first-order chi connectivity index (χ1) is 16.3. The van der Waals surface area contributed by atoms with Crippen LogP contribution >= 0.6 is 34.5 Å². The molecule has 0 aliphatic heterocycles. The summed E-state index contributed by atoms with van der Waals surface area (Å²) in [5.74, 6) is -1.75. The fourth-order valence-corrected chi connectivity index (χ4v) is 7.64. The average molecular weight is 577 g/mol. The van der Waals surface area contributed by atoms with Crippen molar-refractivity contribution in [3.63, 3.8) is 0 Å². The summed E-state index contributed by atoms with van der Waals surface area (Å²) in [6.07, 6.45) is 0. The minimum atomic E-state index is -4.15. The van der Waals surface area contributed by atoms with Gasteiger partial charge in [-0.1, -0.05) is 37.0 Å². The van der Waals surface area contributed by atoms with Crippen molar-refractivity contribution in [1.82, 2.24) is 4.72 Å². The summed E-state index contributed by atoms with van der Waals surface area (Å²) >= 11 is 12.6. The predicted octanol–water partition coefficient (Wildman–Crippen LogP) is 5.14. The minimum Gasteiger partial charge on any atom is -0.480 e. The normalized spacial score (nSPS) is 13.5. The number of halogens is 2. The number of furan rings is 1. The summed E-state index contributed by atoms with van der Waals surface area (Å²) in [7, 11) is -8.08. The minimum absolute atomic E-state index is 0.0481. The van der Waals surface area contributed by atoms with Gasteiger partial charge in [-0.15, -0.1) is 11.3 Å². The second-order valence-corrected chi connectivity index (χ2v) is 13.6. The smallest absolute Gasteiger partial charge is 0.322 e. The van der Waals surface area contributed by atoms with E-state index in [1.165, 1.54) is 30.3 Å². The highest BCUT2D eigenvalue weighted by Crippen LogP contribution is 2.36. The molecule has 3 N–H and O–H groups in total. The van der Waals surface area contributed by atoms with Crippen molar-refractivity contribution < 1.29 is 31.2 Å². The van der Waals surface area contributed by atoms with E-state index in [0.29, 0.717) is 16.4 Å². The molecule has 0 bridgehead atoms. The number of benzene rings is 2. The van der Waals surface area contributed by atoms with Gasteiger partial charge in [0.05, 0.1) is 9.92 Å². The number of nitrogens with one attached hydrogen (secondary N) is 2. The Bertz CT molecular complexity index is 1660. The molecule has 0 radical (unpaired) electrons. The summed E-state index contributed by atoms with van der Waals surface area (Å²) in [4.78, 5) is 11.2. The van der Waals surface area contributed by atoms with Gasteiger partial charge in [0.2, 0.25) is 10.0 Å². The number of hydrogen-bond acceptors (Lipinski definition) is 7. The van der Waals surface area contributed by atoms with Gasteiger partial charge in [-0.3, -0.25) is 9.52 Å². The van der Waals surface area contributed by atoms with E-state index in [9.17, 15) is 26.7 Å². The maximum Gasteiger partial charge on any atom is 0.322 e. The van der Waals surface area contributed by atoms with E-state index in [-0.39, 0.29) is 29.7 Å². The number of rotatable bonds is 8. The molecule has 186 valence electrons. The van der Waals surface area contributed by atoms with E-state index in [2.05, 4.69) is 9.44 Å². The summed E-state index contributed by atoms with van der Waals surface area (Å²) in [5.41, 5.74) is 0.884. The third-order valence-electron chi connectivity index (χ3n) is 5.11. The van der Waals surface area contributed by atoms with Crippen molar-refractivity contribution in [3.05, 3.63) is 51.8 Å². The molecule has 0 aliphatic rings. The zero-order valence-corrected chi connectivity index (χ0v) is 22.0. The largest absolute Gasteiger partial charge is 0.480 e. The third kappa shape index (κ3) is 5.13. The first-order valence-electron chi connectivity index (χ1n) is 9.97. The monoisotopic (exact) mass is 576 g/mol. The third-order valence-corrected chi connectivity index (χ3v) is 10.3. The van der Waals surface area contributed by atoms with Crippen LogP contribution in [0.25, 0.3) is 21.9 Å². The van der Waals surface area contributed by atoms with Gasteiger partial charge < -0.3 is 9.52 Å². The topological polar surface area (TPSA) is 143 Å². The second-order valence-electron chi connectivity index (χ2n) is 7.94. The SMILES string of the molecule is CC(C)[C@H](NS(=O)(=O)c1ccc2c(c1)oc1ccc(NS(=O)(=O)c3cc(Cl)c(Cl)s3)cc12)C(=O)O. The van der Waals surface area contributed by atoms with Crippen molar-refractivity contribution in [2.24, 2.45) is 5.92 Å². The molecule has 0 spiro atoms. The molecule has 2 heterocycles. The lowest BCUT2D eigenvalue weighted by molar-refractivity contribution is -0.140. The van der Waals surface area contributed by atoms with Crippen LogP contribution in [0.4, 0.5) is 5.69 Å². The fourth-order valence-electron chi connectivity index (χ4n) is 3.36. The standard InChI is InChI=1S/C21H18Cl2N2O7S3/c1-10(2)19(21(26)27)25-34(28,29)12-4-5-13-14-7-11(3-6-16(14)32-17(13)8-12)24-35(30,31)18-9-15(22)20(23)33-18/h3-10,19,24-25H,1-2H3,(H,26,27)/t19-/m0/s1. The van der Waals surface area contributed by atoms with Crippen molar-refractivity contribution in [2.75, 3.05) is 4.72 Å². The van der Waals surface area contributed by atoms with Crippen LogP contribution in [0, 0.1) is 5.92 Å². The summed E-state index contributed by atoms with van der Waals surface area (Å²) < 4.78 is 61.4. The van der Waals surface area contributed by atoms with E-state index in [1.54, 1.807) is 26.0 Å². The van der Waals surface area contributed by atoms with Crippen molar-refractivity contribution in [3.8, 4) is 0 Å². The van der Waals surface area contributed by atoms with Crippen LogP contribution in [0.3, 0.4) is 0 Å². The molecule has 4 rings (SSSR count). The quantitative estimate of drug-likeness (QED) is 0.263.